The smallest absolute Gasteiger partial charge is 0.325 e. The summed E-state index contributed by atoms with van der Waals surface area (Å²) in [4.78, 5) is 11.2. The molecular formula is C14H19NO2. The molecule has 2 unspecified atom stereocenters. The lowest BCUT2D eigenvalue weighted by atomic mass is 10.0. The molecule has 0 fully saturated rings. The van der Waals surface area contributed by atoms with Crippen molar-refractivity contribution in [2.24, 2.45) is 0 Å². The predicted octanol–water partition coefficient (Wildman–Crippen LogP) is 2.76. The summed E-state index contributed by atoms with van der Waals surface area (Å²) in [6.07, 6.45) is 3.62. The third-order valence-electron chi connectivity index (χ3n) is 2.63. The number of carboxylic acid groups (broad SMARTS) is 1. The zero-order valence-electron chi connectivity index (χ0n) is 10.1. The molecule has 0 saturated carbocycles. The Morgan fingerprint density at radius 1 is 1.47 bits per heavy atom. The molecule has 1 aromatic rings. The first kappa shape index (κ1) is 13.5. The minimum atomic E-state index is -0.846. The maximum atomic E-state index is 11.2. The highest BCUT2D eigenvalue weighted by Gasteiger charge is 2.20. The van der Waals surface area contributed by atoms with Gasteiger partial charge >= 0.3 is 5.97 Å². The fourth-order valence-corrected chi connectivity index (χ4v) is 1.69. The first-order chi connectivity index (χ1) is 8.15. The Morgan fingerprint density at radius 2 is 2.12 bits per heavy atom. The Morgan fingerprint density at radius 3 is 2.65 bits per heavy atom. The number of hydrogen-bond acceptors (Lipinski definition) is 2. The summed E-state index contributed by atoms with van der Waals surface area (Å²) in [6, 6.07) is 8.73. The number of carbonyl (C=O) groups is 1. The molecule has 2 N–H and O–H groups in total. The van der Waals surface area contributed by atoms with Crippen molar-refractivity contribution in [1.82, 2.24) is 5.32 Å². The van der Waals surface area contributed by atoms with Crippen molar-refractivity contribution < 1.29 is 9.90 Å². The average molecular weight is 233 g/mol. The molecule has 0 saturated heterocycles. The molecule has 0 amide bonds. The van der Waals surface area contributed by atoms with Crippen LogP contribution in [0.15, 0.2) is 43.0 Å². The van der Waals surface area contributed by atoms with E-state index in [2.05, 4.69) is 11.9 Å². The highest BCUT2D eigenvalue weighted by atomic mass is 16.4. The lowest BCUT2D eigenvalue weighted by molar-refractivity contribution is -0.139. The summed E-state index contributed by atoms with van der Waals surface area (Å²) in [7, 11) is 0. The maximum absolute atomic E-state index is 11.2. The Labute approximate surface area is 102 Å². The van der Waals surface area contributed by atoms with E-state index in [4.69, 9.17) is 0 Å². The van der Waals surface area contributed by atoms with E-state index in [1.54, 1.807) is 0 Å². The van der Waals surface area contributed by atoms with E-state index in [0.717, 1.165) is 18.4 Å². The van der Waals surface area contributed by atoms with Gasteiger partial charge < -0.3 is 5.11 Å². The quantitative estimate of drug-likeness (QED) is 0.712. The minimum absolute atomic E-state index is 0.148. The van der Waals surface area contributed by atoms with Gasteiger partial charge in [0.25, 0.3) is 0 Å². The van der Waals surface area contributed by atoms with E-state index in [1.807, 2.05) is 43.3 Å². The molecule has 0 bridgehead atoms. The number of allylic oxidation sites excluding steroid dienone is 1. The van der Waals surface area contributed by atoms with E-state index in [9.17, 15) is 9.90 Å². The monoisotopic (exact) mass is 233 g/mol. The third kappa shape index (κ3) is 4.41. The zero-order valence-corrected chi connectivity index (χ0v) is 10.1. The van der Waals surface area contributed by atoms with Gasteiger partial charge in [-0.3, -0.25) is 10.1 Å². The van der Waals surface area contributed by atoms with Crippen molar-refractivity contribution in [2.45, 2.75) is 31.8 Å². The van der Waals surface area contributed by atoms with Gasteiger partial charge in [0.1, 0.15) is 6.04 Å². The zero-order chi connectivity index (χ0) is 12.7. The van der Waals surface area contributed by atoms with Crippen LogP contribution in [0.3, 0.4) is 0 Å². The van der Waals surface area contributed by atoms with Crippen LogP contribution in [0.1, 0.15) is 31.4 Å². The number of hydrogen-bond donors (Lipinski definition) is 2. The van der Waals surface area contributed by atoms with Gasteiger partial charge in [-0.1, -0.05) is 36.4 Å². The second-order valence-electron chi connectivity index (χ2n) is 4.12. The van der Waals surface area contributed by atoms with Crippen LogP contribution in [-0.2, 0) is 4.79 Å². The summed E-state index contributed by atoms with van der Waals surface area (Å²) < 4.78 is 0. The molecule has 0 spiro atoms. The molecule has 3 nitrogen and oxygen atoms in total. The van der Waals surface area contributed by atoms with Crippen LogP contribution in [0.25, 0.3) is 0 Å². The van der Waals surface area contributed by atoms with Crippen molar-refractivity contribution in [1.29, 1.82) is 0 Å². The van der Waals surface area contributed by atoms with Crippen LogP contribution in [0.2, 0.25) is 0 Å². The fourth-order valence-electron chi connectivity index (χ4n) is 1.69. The van der Waals surface area contributed by atoms with Crippen molar-refractivity contribution in [3.8, 4) is 0 Å². The van der Waals surface area contributed by atoms with Crippen LogP contribution in [-0.4, -0.2) is 17.1 Å². The van der Waals surface area contributed by atoms with Gasteiger partial charge in [0, 0.05) is 6.04 Å². The highest BCUT2D eigenvalue weighted by Crippen LogP contribution is 2.14. The molecular weight excluding hydrogens is 214 g/mol. The van der Waals surface area contributed by atoms with Crippen LogP contribution in [0.4, 0.5) is 0 Å². The van der Waals surface area contributed by atoms with Crippen LogP contribution < -0.4 is 5.32 Å². The van der Waals surface area contributed by atoms with Crippen molar-refractivity contribution in [3.05, 3.63) is 48.6 Å². The number of aliphatic carboxylic acids is 1. The minimum Gasteiger partial charge on any atom is -0.480 e. The number of nitrogens with one attached hydrogen (secondary N) is 1. The molecule has 1 aromatic carbocycles. The SMILES string of the molecule is C=CCCC(C)NC(C(=O)O)c1ccccc1. The Balaban J connectivity index is 2.67. The maximum Gasteiger partial charge on any atom is 0.325 e. The van der Waals surface area contributed by atoms with Crippen molar-refractivity contribution >= 4 is 5.97 Å². The lowest BCUT2D eigenvalue weighted by Crippen LogP contribution is -2.35. The van der Waals surface area contributed by atoms with Gasteiger partial charge in [-0.2, -0.15) is 0 Å². The van der Waals surface area contributed by atoms with Gasteiger partial charge in [-0.25, -0.2) is 0 Å². The molecule has 3 heteroatoms. The lowest BCUT2D eigenvalue weighted by Gasteiger charge is -2.20. The van der Waals surface area contributed by atoms with E-state index < -0.39 is 12.0 Å². The fraction of sp³-hybridized carbons (Fsp3) is 0.357. The number of benzene rings is 1. The normalized spacial score (nSPS) is 13.9. The highest BCUT2D eigenvalue weighted by molar-refractivity contribution is 5.75. The molecule has 0 aliphatic rings. The number of rotatable bonds is 7. The predicted molar refractivity (Wildman–Crippen MR) is 68.8 cm³/mol. The van der Waals surface area contributed by atoms with Crippen molar-refractivity contribution in [3.63, 3.8) is 0 Å². The van der Waals surface area contributed by atoms with E-state index in [0.29, 0.717) is 0 Å². The van der Waals surface area contributed by atoms with Gasteiger partial charge in [0.15, 0.2) is 0 Å². The summed E-state index contributed by atoms with van der Waals surface area (Å²) in [6.45, 7) is 5.65. The van der Waals surface area contributed by atoms with Crippen LogP contribution in [0, 0.1) is 0 Å². The van der Waals surface area contributed by atoms with Gasteiger partial charge in [-0.15, -0.1) is 6.58 Å². The molecule has 92 valence electrons. The second kappa shape index (κ2) is 6.86. The summed E-state index contributed by atoms with van der Waals surface area (Å²) >= 11 is 0. The van der Waals surface area contributed by atoms with Gasteiger partial charge in [-0.05, 0) is 25.3 Å². The standard InChI is InChI=1S/C14H19NO2/c1-3-4-8-11(2)15-13(14(16)17)12-9-6-5-7-10-12/h3,5-7,9-11,13,15H,1,4,8H2,2H3,(H,16,17). The van der Waals surface area contributed by atoms with Crippen LogP contribution in [0.5, 0.6) is 0 Å². The van der Waals surface area contributed by atoms with Gasteiger partial charge in [0.2, 0.25) is 0 Å². The largest absolute Gasteiger partial charge is 0.480 e. The summed E-state index contributed by atoms with van der Waals surface area (Å²) in [5, 5.41) is 12.3. The molecule has 0 radical (unpaired) electrons. The Bertz CT molecular complexity index is 362. The Kier molecular flexibility index (Phi) is 5.43. The second-order valence-corrected chi connectivity index (χ2v) is 4.12. The molecule has 17 heavy (non-hydrogen) atoms. The molecule has 1 rings (SSSR count). The first-order valence-electron chi connectivity index (χ1n) is 5.80. The van der Waals surface area contributed by atoms with Crippen molar-refractivity contribution in [2.75, 3.05) is 0 Å². The van der Waals surface area contributed by atoms with E-state index in [1.165, 1.54) is 0 Å². The number of carboxylic acids is 1. The Hall–Kier alpha value is -1.61. The third-order valence-corrected chi connectivity index (χ3v) is 2.63. The topological polar surface area (TPSA) is 49.3 Å². The summed E-state index contributed by atoms with van der Waals surface area (Å²) in [5.41, 5.74) is 0.783. The first-order valence-corrected chi connectivity index (χ1v) is 5.80. The molecule has 0 aliphatic carbocycles. The average Bonchev–Trinajstić information content (AvgIpc) is 2.34. The van der Waals surface area contributed by atoms with Crippen LogP contribution >= 0.6 is 0 Å². The molecule has 0 aromatic heterocycles. The molecule has 0 aliphatic heterocycles. The van der Waals surface area contributed by atoms with E-state index in [-0.39, 0.29) is 6.04 Å². The van der Waals surface area contributed by atoms with Gasteiger partial charge in [0.05, 0.1) is 0 Å². The summed E-state index contributed by atoms with van der Waals surface area (Å²) in [5.74, 6) is -0.846. The molecule has 2 atom stereocenters. The molecule has 0 heterocycles. The van der Waals surface area contributed by atoms with E-state index >= 15 is 0 Å².